The van der Waals surface area contributed by atoms with E-state index in [1.807, 2.05) is 11.4 Å². The van der Waals surface area contributed by atoms with Gasteiger partial charge in [-0.05, 0) is 36.3 Å². The van der Waals surface area contributed by atoms with E-state index in [9.17, 15) is 4.79 Å². The largest absolute Gasteiger partial charge is 0.327 e. The number of hydrogen-bond donors (Lipinski definition) is 2. The summed E-state index contributed by atoms with van der Waals surface area (Å²) in [5, 5.41) is 4.59. The summed E-state index contributed by atoms with van der Waals surface area (Å²) in [6.07, 6.45) is 4.36. The van der Waals surface area contributed by atoms with E-state index in [2.05, 4.69) is 15.3 Å². The van der Waals surface area contributed by atoms with Gasteiger partial charge in [-0.2, -0.15) is 0 Å². The number of aromatic nitrogens is 2. The Balaban J connectivity index is 1.78. The number of aryl methyl sites for hydroxylation is 1. The zero-order valence-corrected chi connectivity index (χ0v) is 11.1. The number of anilines is 1. The Kier molecular flexibility index (Phi) is 3.27. The summed E-state index contributed by atoms with van der Waals surface area (Å²) in [5.74, 6) is 0.204. The Morgan fingerprint density at radius 3 is 3.21 bits per heavy atom. The van der Waals surface area contributed by atoms with Crippen LogP contribution in [0.4, 0.5) is 5.95 Å². The lowest BCUT2D eigenvalue weighted by atomic mass is 9.94. The van der Waals surface area contributed by atoms with Crippen LogP contribution in [0.15, 0.2) is 23.7 Å². The van der Waals surface area contributed by atoms with E-state index in [1.165, 1.54) is 11.3 Å². The van der Waals surface area contributed by atoms with Gasteiger partial charge in [0.2, 0.25) is 5.95 Å². The van der Waals surface area contributed by atoms with Crippen molar-refractivity contribution in [3.05, 3.63) is 39.8 Å². The van der Waals surface area contributed by atoms with Crippen LogP contribution in [0.2, 0.25) is 0 Å². The molecule has 1 amide bonds. The van der Waals surface area contributed by atoms with Crippen molar-refractivity contribution in [2.75, 3.05) is 5.32 Å². The van der Waals surface area contributed by atoms with Crippen LogP contribution in [0.1, 0.15) is 27.3 Å². The summed E-state index contributed by atoms with van der Waals surface area (Å²) in [4.78, 5) is 21.1. The Bertz CT molecular complexity index is 597. The first-order valence-corrected chi connectivity index (χ1v) is 7.05. The monoisotopic (exact) mass is 274 g/mol. The minimum absolute atomic E-state index is 0.164. The van der Waals surface area contributed by atoms with Crippen LogP contribution in [0.3, 0.4) is 0 Å². The molecule has 0 aromatic carbocycles. The number of carbonyl (C=O) groups is 1. The first-order chi connectivity index (χ1) is 9.22. The number of hydrogen-bond acceptors (Lipinski definition) is 5. The minimum Gasteiger partial charge on any atom is -0.327 e. The van der Waals surface area contributed by atoms with Crippen molar-refractivity contribution < 1.29 is 4.79 Å². The SMILES string of the molecule is NC1CCc2nc(NC(=O)c3cccs3)ncc2C1. The van der Waals surface area contributed by atoms with E-state index in [1.54, 1.807) is 12.3 Å². The van der Waals surface area contributed by atoms with E-state index >= 15 is 0 Å². The molecule has 0 saturated carbocycles. The molecule has 3 N–H and O–H groups in total. The molecule has 6 heteroatoms. The second-order valence-electron chi connectivity index (χ2n) is 4.60. The molecule has 2 aromatic rings. The van der Waals surface area contributed by atoms with Crippen LogP contribution in [0.5, 0.6) is 0 Å². The van der Waals surface area contributed by atoms with Gasteiger partial charge in [-0.25, -0.2) is 9.97 Å². The summed E-state index contributed by atoms with van der Waals surface area (Å²) in [7, 11) is 0. The lowest BCUT2D eigenvalue weighted by molar-refractivity contribution is 0.102. The van der Waals surface area contributed by atoms with Crippen molar-refractivity contribution in [2.45, 2.75) is 25.3 Å². The number of fused-ring (bicyclic) bond motifs is 1. The van der Waals surface area contributed by atoms with Crippen molar-refractivity contribution in [3.63, 3.8) is 0 Å². The summed E-state index contributed by atoms with van der Waals surface area (Å²) in [5.41, 5.74) is 8.00. The molecule has 1 aliphatic carbocycles. The standard InChI is InChI=1S/C13H14N4OS/c14-9-3-4-10-8(6-9)7-15-13(16-10)17-12(18)11-2-1-5-19-11/h1-2,5,7,9H,3-4,6,14H2,(H,15,16,17,18). The number of amides is 1. The smallest absolute Gasteiger partial charge is 0.268 e. The van der Waals surface area contributed by atoms with E-state index in [0.29, 0.717) is 10.8 Å². The topological polar surface area (TPSA) is 80.9 Å². The molecule has 1 atom stereocenters. The molecule has 0 radical (unpaired) electrons. The molecule has 19 heavy (non-hydrogen) atoms. The van der Waals surface area contributed by atoms with E-state index in [-0.39, 0.29) is 11.9 Å². The fourth-order valence-electron chi connectivity index (χ4n) is 2.17. The third kappa shape index (κ3) is 2.64. The lowest BCUT2D eigenvalue weighted by Gasteiger charge is -2.20. The summed E-state index contributed by atoms with van der Waals surface area (Å²) >= 11 is 1.40. The fraction of sp³-hybridized carbons (Fsp3) is 0.308. The molecule has 0 spiro atoms. The van der Waals surface area contributed by atoms with Gasteiger partial charge in [0.15, 0.2) is 0 Å². The summed E-state index contributed by atoms with van der Waals surface area (Å²) < 4.78 is 0. The lowest BCUT2D eigenvalue weighted by Crippen LogP contribution is -2.29. The zero-order valence-electron chi connectivity index (χ0n) is 10.3. The van der Waals surface area contributed by atoms with E-state index in [4.69, 9.17) is 5.73 Å². The first-order valence-electron chi connectivity index (χ1n) is 6.17. The van der Waals surface area contributed by atoms with Gasteiger partial charge in [-0.15, -0.1) is 11.3 Å². The fourth-order valence-corrected chi connectivity index (χ4v) is 2.79. The van der Waals surface area contributed by atoms with E-state index in [0.717, 1.165) is 30.5 Å². The molecule has 2 aromatic heterocycles. The number of carbonyl (C=O) groups excluding carboxylic acids is 1. The van der Waals surface area contributed by atoms with Gasteiger partial charge in [0, 0.05) is 17.9 Å². The van der Waals surface area contributed by atoms with Crippen LogP contribution >= 0.6 is 11.3 Å². The Morgan fingerprint density at radius 2 is 2.42 bits per heavy atom. The van der Waals surface area contributed by atoms with Crippen LogP contribution in [0.25, 0.3) is 0 Å². The quantitative estimate of drug-likeness (QED) is 0.871. The molecule has 0 fully saturated rings. The van der Waals surface area contributed by atoms with Crippen LogP contribution in [0, 0.1) is 0 Å². The zero-order chi connectivity index (χ0) is 13.2. The maximum Gasteiger partial charge on any atom is 0.268 e. The number of thiophene rings is 1. The molecule has 2 heterocycles. The van der Waals surface area contributed by atoms with Crippen molar-refractivity contribution >= 4 is 23.2 Å². The van der Waals surface area contributed by atoms with Gasteiger partial charge in [0.05, 0.1) is 4.88 Å². The third-order valence-electron chi connectivity index (χ3n) is 3.16. The second-order valence-corrected chi connectivity index (χ2v) is 5.55. The molecule has 5 nitrogen and oxygen atoms in total. The summed E-state index contributed by atoms with van der Waals surface area (Å²) in [6.45, 7) is 0. The van der Waals surface area contributed by atoms with Crippen LogP contribution in [-0.2, 0) is 12.8 Å². The second kappa shape index (κ2) is 5.07. The van der Waals surface area contributed by atoms with E-state index < -0.39 is 0 Å². The molecule has 98 valence electrons. The molecule has 3 rings (SSSR count). The first kappa shape index (κ1) is 12.3. The third-order valence-corrected chi connectivity index (χ3v) is 4.03. The molecule has 0 aliphatic heterocycles. The normalized spacial score (nSPS) is 17.8. The highest BCUT2D eigenvalue weighted by Crippen LogP contribution is 2.19. The van der Waals surface area contributed by atoms with Crippen molar-refractivity contribution in [1.82, 2.24) is 9.97 Å². The molecule has 0 saturated heterocycles. The maximum absolute atomic E-state index is 11.9. The number of nitrogens with two attached hydrogens (primary N) is 1. The Morgan fingerprint density at radius 1 is 1.53 bits per heavy atom. The van der Waals surface area contributed by atoms with Gasteiger partial charge in [0.25, 0.3) is 5.91 Å². The molecular weight excluding hydrogens is 260 g/mol. The molecular formula is C13H14N4OS. The molecule has 0 bridgehead atoms. The average molecular weight is 274 g/mol. The van der Waals surface area contributed by atoms with Crippen molar-refractivity contribution in [1.29, 1.82) is 0 Å². The van der Waals surface area contributed by atoms with Crippen LogP contribution < -0.4 is 11.1 Å². The Labute approximate surface area is 114 Å². The van der Waals surface area contributed by atoms with Gasteiger partial charge < -0.3 is 5.73 Å². The number of rotatable bonds is 2. The molecule has 1 aliphatic rings. The average Bonchev–Trinajstić information content (AvgIpc) is 2.93. The highest BCUT2D eigenvalue weighted by atomic mass is 32.1. The van der Waals surface area contributed by atoms with Crippen LogP contribution in [-0.4, -0.2) is 21.9 Å². The number of nitrogens with zero attached hydrogens (tertiary/aromatic N) is 2. The number of nitrogens with one attached hydrogen (secondary N) is 1. The van der Waals surface area contributed by atoms with Gasteiger partial charge in [-0.3, -0.25) is 10.1 Å². The van der Waals surface area contributed by atoms with Gasteiger partial charge >= 0.3 is 0 Å². The van der Waals surface area contributed by atoms with Crippen molar-refractivity contribution in [3.8, 4) is 0 Å². The highest BCUT2D eigenvalue weighted by molar-refractivity contribution is 7.12. The highest BCUT2D eigenvalue weighted by Gasteiger charge is 2.18. The van der Waals surface area contributed by atoms with Gasteiger partial charge in [0.1, 0.15) is 0 Å². The van der Waals surface area contributed by atoms with Crippen molar-refractivity contribution in [2.24, 2.45) is 5.73 Å². The summed E-state index contributed by atoms with van der Waals surface area (Å²) in [6, 6.07) is 3.81. The molecule has 1 unspecified atom stereocenters. The maximum atomic E-state index is 11.9. The minimum atomic E-state index is -0.164. The predicted molar refractivity (Wildman–Crippen MR) is 74.3 cm³/mol. The Hall–Kier alpha value is -1.79. The predicted octanol–water partition coefficient (Wildman–Crippen LogP) is 1.61. The van der Waals surface area contributed by atoms with Gasteiger partial charge in [-0.1, -0.05) is 6.07 Å².